The highest BCUT2D eigenvalue weighted by Gasteiger charge is 2.30. The molecule has 3 aromatic rings. The highest BCUT2D eigenvalue weighted by Crippen LogP contribution is 2.31. The Morgan fingerprint density at radius 1 is 1.10 bits per heavy atom. The molecule has 1 aliphatic heterocycles. The van der Waals surface area contributed by atoms with Crippen molar-refractivity contribution in [1.29, 1.82) is 0 Å². The summed E-state index contributed by atoms with van der Waals surface area (Å²) in [4.78, 5) is 40.4. The van der Waals surface area contributed by atoms with Crippen LogP contribution < -0.4 is 10.1 Å². The van der Waals surface area contributed by atoms with Gasteiger partial charge in [-0.05, 0) is 29.3 Å². The van der Waals surface area contributed by atoms with Crippen molar-refractivity contribution in [2.75, 3.05) is 20.2 Å². The second kappa shape index (κ2) is 8.41. The zero-order valence-corrected chi connectivity index (χ0v) is 16.7. The van der Waals surface area contributed by atoms with Crippen LogP contribution in [-0.2, 0) is 14.4 Å². The van der Waals surface area contributed by atoms with Gasteiger partial charge in [-0.1, -0.05) is 30.3 Å². The summed E-state index contributed by atoms with van der Waals surface area (Å²) >= 11 is 0. The number of ether oxygens (including phenoxy) is 1. The SMILES string of the molecule is COc1ccc([C@@H](CNC(=O)CN2C(=O)CCC2=O)c2c[nH]c3ccccc23)cc1. The van der Waals surface area contributed by atoms with Crippen LogP contribution in [-0.4, -0.2) is 47.8 Å². The van der Waals surface area contributed by atoms with E-state index in [-0.39, 0.29) is 43.0 Å². The molecule has 2 heterocycles. The summed E-state index contributed by atoms with van der Waals surface area (Å²) in [6.07, 6.45) is 2.31. The highest BCUT2D eigenvalue weighted by molar-refractivity contribution is 6.04. The number of nitrogens with zero attached hydrogens (tertiary/aromatic N) is 1. The topological polar surface area (TPSA) is 91.5 Å². The number of methoxy groups -OCH3 is 1. The zero-order chi connectivity index (χ0) is 21.1. The lowest BCUT2D eigenvalue weighted by Crippen LogP contribution is -2.41. The fraction of sp³-hybridized carbons (Fsp3) is 0.261. The predicted molar refractivity (Wildman–Crippen MR) is 112 cm³/mol. The van der Waals surface area contributed by atoms with Gasteiger partial charge in [0.25, 0.3) is 0 Å². The van der Waals surface area contributed by atoms with Crippen molar-refractivity contribution in [2.24, 2.45) is 0 Å². The average Bonchev–Trinajstić information content (AvgIpc) is 3.33. The lowest BCUT2D eigenvalue weighted by Gasteiger charge is -2.20. The van der Waals surface area contributed by atoms with E-state index in [4.69, 9.17) is 4.74 Å². The number of benzene rings is 2. The summed E-state index contributed by atoms with van der Waals surface area (Å²) in [6.45, 7) is 0.101. The smallest absolute Gasteiger partial charge is 0.240 e. The number of carbonyl (C=O) groups excluding carboxylic acids is 3. The van der Waals surface area contributed by atoms with Crippen LogP contribution in [0.1, 0.15) is 29.9 Å². The molecule has 1 aromatic heterocycles. The Kier molecular flexibility index (Phi) is 5.52. The lowest BCUT2D eigenvalue weighted by atomic mass is 9.90. The van der Waals surface area contributed by atoms with E-state index in [1.165, 1.54) is 0 Å². The number of nitrogens with one attached hydrogen (secondary N) is 2. The number of hydrogen-bond donors (Lipinski definition) is 2. The van der Waals surface area contributed by atoms with E-state index in [0.29, 0.717) is 6.54 Å². The fourth-order valence-electron chi connectivity index (χ4n) is 3.84. The quantitative estimate of drug-likeness (QED) is 0.591. The molecule has 2 aromatic carbocycles. The van der Waals surface area contributed by atoms with Crippen LogP contribution in [0.5, 0.6) is 5.75 Å². The van der Waals surface area contributed by atoms with Gasteiger partial charge < -0.3 is 15.0 Å². The largest absolute Gasteiger partial charge is 0.497 e. The van der Waals surface area contributed by atoms with Crippen molar-refractivity contribution >= 4 is 28.6 Å². The number of para-hydroxylation sites is 1. The first-order valence-corrected chi connectivity index (χ1v) is 9.86. The number of aromatic nitrogens is 1. The van der Waals surface area contributed by atoms with E-state index in [0.717, 1.165) is 32.7 Å². The molecule has 0 spiro atoms. The molecule has 154 valence electrons. The van der Waals surface area contributed by atoms with E-state index < -0.39 is 0 Å². The molecule has 3 amide bonds. The van der Waals surface area contributed by atoms with Crippen molar-refractivity contribution in [3.05, 3.63) is 65.9 Å². The van der Waals surface area contributed by atoms with Gasteiger partial charge in [0, 0.05) is 42.4 Å². The molecular weight excluding hydrogens is 382 g/mol. The summed E-state index contributed by atoms with van der Waals surface area (Å²) in [5, 5.41) is 3.98. The molecule has 1 fully saturated rings. The van der Waals surface area contributed by atoms with Crippen molar-refractivity contribution in [2.45, 2.75) is 18.8 Å². The third kappa shape index (κ3) is 3.91. The van der Waals surface area contributed by atoms with Crippen LogP contribution in [0.4, 0.5) is 0 Å². The second-order valence-corrected chi connectivity index (χ2v) is 7.29. The number of H-pyrrole nitrogens is 1. The minimum Gasteiger partial charge on any atom is -0.497 e. The minimum absolute atomic E-state index is 0.110. The van der Waals surface area contributed by atoms with Crippen LogP contribution in [0.3, 0.4) is 0 Å². The predicted octanol–water partition coefficient (Wildman–Crippen LogP) is 2.57. The molecule has 0 bridgehead atoms. The Morgan fingerprint density at radius 3 is 2.50 bits per heavy atom. The standard InChI is InChI=1S/C23H23N3O4/c1-30-16-8-6-15(7-9-16)18(19-13-24-20-5-3-2-4-17(19)20)12-25-21(27)14-26-22(28)10-11-23(26)29/h2-9,13,18,24H,10-12,14H2,1H3,(H,25,27)/t18-/m1/s1. The third-order valence-corrected chi connectivity index (χ3v) is 5.47. The molecule has 1 atom stereocenters. The molecule has 7 nitrogen and oxygen atoms in total. The summed E-state index contributed by atoms with van der Waals surface area (Å²) in [7, 11) is 1.62. The second-order valence-electron chi connectivity index (χ2n) is 7.29. The number of amides is 3. The lowest BCUT2D eigenvalue weighted by molar-refractivity contribution is -0.142. The normalized spacial score (nSPS) is 14.9. The first kappa shape index (κ1) is 19.7. The van der Waals surface area contributed by atoms with Gasteiger partial charge in [0.2, 0.25) is 17.7 Å². The summed E-state index contributed by atoms with van der Waals surface area (Å²) in [6, 6.07) is 15.7. The van der Waals surface area contributed by atoms with Crippen molar-refractivity contribution in [1.82, 2.24) is 15.2 Å². The number of hydrogen-bond acceptors (Lipinski definition) is 4. The monoisotopic (exact) mass is 405 g/mol. The maximum Gasteiger partial charge on any atom is 0.240 e. The van der Waals surface area contributed by atoms with Crippen molar-refractivity contribution < 1.29 is 19.1 Å². The van der Waals surface area contributed by atoms with Crippen LogP contribution >= 0.6 is 0 Å². The van der Waals surface area contributed by atoms with Crippen LogP contribution in [0.25, 0.3) is 10.9 Å². The van der Waals surface area contributed by atoms with Crippen LogP contribution in [0, 0.1) is 0 Å². The number of imide groups is 1. The minimum atomic E-state index is -0.350. The summed E-state index contributed by atoms with van der Waals surface area (Å²) in [5.41, 5.74) is 3.10. The molecular formula is C23H23N3O4. The van der Waals surface area contributed by atoms with E-state index >= 15 is 0 Å². The van der Waals surface area contributed by atoms with Gasteiger partial charge in [0.05, 0.1) is 7.11 Å². The molecule has 1 saturated heterocycles. The molecule has 4 rings (SSSR count). The molecule has 2 N–H and O–H groups in total. The average molecular weight is 405 g/mol. The Bertz CT molecular complexity index is 1070. The number of carbonyl (C=O) groups is 3. The first-order chi connectivity index (χ1) is 14.6. The van der Waals surface area contributed by atoms with E-state index in [1.807, 2.05) is 54.7 Å². The summed E-state index contributed by atoms with van der Waals surface area (Å²) < 4.78 is 5.26. The zero-order valence-electron chi connectivity index (χ0n) is 16.7. The Labute approximate surface area is 174 Å². The van der Waals surface area contributed by atoms with Gasteiger partial charge in [0.1, 0.15) is 12.3 Å². The van der Waals surface area contributed by atoms with E-state index in [1.54, 1.807) is 7.11 Å². The van der Waals surface area contributed by atoms with Crippen molar-refractivity contribution in [3.8, 4) is 5.75 Å². The fourth-order valence-corrected chi connectivity index (χ4v) is 3.84. The van der Waals surface area contributed by atoms with E-state index in [2.05, 4.69) is 10.3 Å². The molecule has 1 aliphatic rings. The molecule has 0 unspecified atom stereocenters. The Morgan fingerprint density at radius 2 is 1.80 bits per heavy atom. The van der Waals surface area contributed by atoms with Gasteiger partial charge >= 0.3 is 0 Å². The van der Waals surface area contributed by atoms with Gasteiger partial charge in [-0.2, -0.15) is 0 Å². The van der Waals surface area contributed by atoms with Gasteiger partial charge in [-0.25, -0.2) is 0 Å². The maximum absolute atomic E-state index is 12.5. The maximum atomic E-state index is 12.5. The highest BCUT2D eigenvalue weighted by atomic mass is 16.5. The van der Waals surface area contributed by atoms with E-state index in [9.17, 15) is 14.4 Å². The first-order valence-electron chi connectivity index (χ1n) is 9.86. The molecule has 30 heavy (non-hydrogen) atoms. The number of fused-ring (bicyclic) bond motifs is 1. The molecule has 0 aliphatic carbocycles. The number of rotatable bonds is 7. The van der Waals surface area contributed by atoms with Crippen LogP contribution in [0.2, 0.25) is 0 Å². The van der Waals surface area contributed by atoms with Gasteiger partial charge in [-0.15, -0.1) is 0 Å². The van der Waals surface area contributed by atoms with Crippen LogP contribution in [0.15, 0.2) is 54.7 Å². The summed E-state index contributed by atoms with van der Waals surface area (Å²) in [5.74, 6) is -0.290. The molecule has 0 saturated carbocycles. The van der Waals surface area contributed by atoms with Gasteiger partial charge in [0.15, 0.2) is 0 Å². The number of aromatic amines is 1. The number of likely N-dealkylation sites (tertiary alicyclic amines) is 1. The third-order valence-electron chi connectivity index (χ3n) is 5.47. The molecule has 7 heteroatoms. The van der Waals surface area contributed by atoms with Gasteiger partial charge in [-0.3, -0.25) is 19.3 Å². The Balaban J connectivity index is 1.56. The van der Waals surface area contributed by atoms with Crippen molar-refractivity contribution in [3.63, 3.8) is 0 Å². The molecule has 0 radical (unpaired) electrons. The Hall–Kier alpha value is -3.61.